The van der Waals surface area contributed by atoms with E-state index in [-0.39, 0.29) is 17.5 Å². The predicted octanol–water partition coefficient (Wildman–Crippen LogP) is 3.59. The number of Topliss-reactive ketones (excluding diaryl/α,β-unsaturated/α-hetero) is 1. The Hall–Kier alpha value is -1.90. The van der Waals surface area contributed by atoms with E-state index in [0.717, 1.165) is 5.69 Å². The third-order valence-corrected chi connectivity index (χ3v) is 3.06. The highest BCUT2D eigenvalue weighted by atomic mass is 16.3. The largest absolute Gasteiger partial charge is 0.511 e. The Balaban J connectivity index is 2.34. The molecule has 0 bridgehead atoms. The first-order valence-electron chi connectivity index (χ1n) is 6.14. The van der Waals surface area contributed by atoms with Gasteiger partial charge in [0.1, 0.15) is 5.76 Å². The molecule has 1 aliphatic carbocycles. The van der Waals surface area contributed by atoms with Crippen molar-refractivity contribution in [3.63, 3.8) is 0 Å². The molecule has 0 saturated heterocycles. The van der Waals surface area contributed by atoms with Crippen molar-refractivity contribution in [2.24, 2.45) is 10.9 Å². The number of aliphatic imine (C=N–C) groups is 1. The van der Waals surface area contributed by atoms with Crippen LogP contribution in [0.1, 0.15) is 26.7 Å². The third kappa shape index (κ3) is 2.67. The summed E-state index contributed by atoms with van der Waals surface area (Å²) in [5.41, 5.74) is 1.79. The van der Waals surface area contributed by atoms with Crippen molar-refractivity contribution in [3.05, 3.63) is 41.7 Å². The van der Waals surface area contributed by atoms with Crippen LogP contribution in [0.25, 0.3) is 0 Å². The van der Waals surface area contributed by atoms with Gasteiger partial charge in [-0.25, -0.2) is 0 Å². The molecule has 0 amide bonds. The molecule has 1 aromatic rings. The van der Waals surface area contributed by atoms with Crippen LogP contribution in [0.2, 0.25) is 0 Å². The van der Waals surface area contributed by atoms with Crippen molar-refractivity contribution in [2.45, 2.75) is 26.7 Å². The summed E-state index contributed by atoms with van der Waals surface area (Å²) in [5, 5.41) is 9.94. The molecule has 2 rings (SSSR count). The van der Waals surface area contributed by atoms with Gasteiger partial charge < -0.3 is 5.11 Å². The lowest BCUT2D eigenvalue weighted by Crippen LogP contribution is -2.21. The second-order valence-corrected chi connectivity index (χ2v) is 4.79. The van der Waals surface area contributed by atoms with Gasteiger partial charge in [0.05, 0.1) is 17.0 Å². The van der Waals surface area contributed by atoms with E-state index in [4.69, 9.17) is 0 Å². The van der Waals surface area contributed by atoms with E-state index in [9.17, 15) is 9.90 Å². The topological polar surface area (TPSA) is 49.7 Å². The zero-order chi connectivity index (χ0) is 13.1. The number of para-hydroxylation sites is 1. The molecule has 0 spiro atoms. The lowest BCUT2D eigenvalue weighted by molar-refractivity contribution is -0.116. The van der Waals surface area contributed by atoms with Crippen molar-refractivity contribution < 1.29 is 9.90 Å². The van der Waals surface area contributed by atoms with Gasteiger partial charge in [-0.3, -0.25) is 9.79 Å². The monoisotopic (exact) mass is 243 g/mol. The summed E-state index contributed by atoms with van der Waals surface area (Å²) in [7, 11) is 0. The molecule has 0 aromatic heterocycles. The Morgan fingerprint density at radius 2 is 1.94 bits per heavy atom. The van der Waals surface area contributed by atoms with E-state index >= 15 is 0 Å². The first-order chi connectivity index (χ1) is 8.58. The van der Waals surface area contributed by atoms with Crippen molar-refractivity contribution in [1.29, 1.82) is 0 Å². The Morgan fingerprint density at radius 1 is 1.28 bits per heavy atom. The zero-order valence-electron chi connectivity index (χ0n) is 10.7. The van der Waals surface area contributed by atoms with Gasteiger partial charge in [-0.15, -0.1) is 0 Å². The molecule has 0 heterocycles. The molecule has 0 fully saturated rings. The average molecular weight is 243 g/mol. The van der Waals surface area contributed by atoms with E-state index in [1.54, 1.807) is 6.92 Å². The number of ketones is 1. The van der Waals surface area contributed by atoms with E-state index in [1.807, 2.05) is 37.3 Å². The van der Waals surface area contributed by atoms with Crippen LogP contribution in [0.3, 0.4) is 0 Å². The quantitative estimate of drug-likeness (QED) is 0.807. The summed E-state index contributed by atoms with van der Waals surface area (Å²) < 4.78 is 0. The number of carbonyl (C=O) groups is 1. The maximum Gasteiger partial charge on any atom is 0.168 e. The van der Waals surface area contributed by atoms with Gasteiger partial charge in [-0.1, -0.05) is 25.1 Å². The highest BCUT2D eigenvalue weighted by molar-refractivity contribution is 6.22. The van der Waals surface area contributed by atoms with E-state index in [1.165, 1.54) is 0 Å². The molecule has 0 aliphatic heterocycles. The SMILES string of the molecule is CC(=Nc1ccccc1)C1=C(O)CC(C)CC1=O. The number of benzene rings is 1. The lowest BCUT2D eigenvalue weighted by Gasteiger charge is -2.20. The summed E-state index contributed by atoms with van der Waals surface area (Å²) >= 11 is 0. The fraction of sp³-hybridized carbons (Fsp3) is 0.333. The number of nitrogens with zero attached hydrogens (tertiary/aromatic N) is 1. The van der Waals surface area contributed by atoms with Gasteiger partial charge in [-0.2, -0.15) is 0 Å². The summed E-state index contributed by atoms with van der Waals surface area (Å²) in [5.74, 6) is 0.380. The number of allylic oxidation sites excluding steroid dienone is 2. The molecule has 1 unspecified atom stereocenters. The van der Waals surface area contributed by atoms with Gasteiger partial charge in [0, 0.05) is 12.8 Å². The molecule has 94 valence electrons. The molecule has 1 atom stereocenters. The van der Waals surface area contributed by atoms with Gasteiger partial charge in [0.25, 0.3) is 0 Å². The van der Waals surface area contributed by atoms with Crippen LogP contribution in [-0.2, 0) is 4.79 Å². The summed E-state index contributed by atoms with van der Waals surface area (Å²) in [6, 6.07) is 9.45. The van der Waals surface area contributed by atoms with Gasteiger partial charge in [-0.05, 0) is 25.0 Å². The number of aliphatic hydroxyl groups is 1. The van der Waals surface area contributed by atoms with Crippen molar-refractivity contribution >= 4 is 17.2 Å². The minimum absolute atomic E-state index is 0.0107. The molecule has 1 aliphatic rings. The standard InChI is InChI=1S/C15H17NO2/c1-10-8-13(17)15(14(18)9-10)11(2)16-12-6-4-3-5-7-12/h3-7,10,17H,8-9H2,1-2H3. The van der Waals surface area contributed by atoms with Crippen molar-refractivity contribution in [3.8, 4) is 0 Å². The number of hydrogen-bond acceptors (Lipinski definition) is 3. The molecule has 3 heteroatoms. The lowest BCUT2D eigenvalue weighted by atomic mass is 9.86. The molecular weight excluding hydrogens is 226 g/mol. The average Bonchev–Trinajstić information content (AvgIpc) is 2.28. The van der Waals surface area contributed by atoms with Crippen molar-refractivity contribution in [1.82, 2.24) is 0 Å². The molecule has 1 aromatic carbocycles. The maximum absolute atomic E-state index is 11.9. The number of hydrogen-bond donors (Lipinski definition) is 1. The molecule has 0 radical (unpaired) electrons. The Labute approximate surface area is 107 Å². The first-order valence-corrected chi connectivity index (χ1v) is 6.14. The summed E-state index contributed by atoms with van der Waals surface area (Å²) in [6.07, 6.45) is 1.05. The van der Waals surface area contributed by atoms with Crippen LogP contribution in [-0.4, -0.2) is 16.6 Å². The highest BCUT2D eigenvalue weighted by Crippen LogP contribution is 2.26. The van der Waals surface area contributed by atoms with Gasteiger partial charge in [0.15, 0.2) is 5.78 Å². The maximum atomic E-state index is 11.9. The van der Waals surface area contributed by atoms with Gasteiger partial charge >= 0.3 is 0 Å². The van der Waals surface area contributed by atoms with Gasteiger partial charge in [0.2, 0.25) is 0 Å². The van der Waals surface area contributed by atoms with Crippen molar-refractivity contribution in [2.75, 3.05) is 0 Å². The zero-order valence-corrected chi connectivity index (χ0v) is 10.7. The summed E-state index contributed by atoms with van der Waals surface area (Å²) in [6.45, 7) is 3.74. The number of rotatable bonds is 2. The van der Waals surface area contributed by atoms with Crippen LogP contribution in [0.4, 0.5) is 5.69 Å². The predicted molar refractivity (Wildman–Crippen MR) is 72.3 cm³/mol. The highest BCUT2D eigenvalue weighted by Gasteiger charge is 2.26. The Bertz CT molecular complexity index is 515. The second-order valence-electron chi connectivity index (χ2n) is 4.79. The Kier molecular flexibility index (Phi) is 3.60. The van der Waals surface area contributed by atoms with E-state index < -0.39 is 0 Å². The minimum Gasteiger partial charge on any atom is -0.511 e. The normalized spacial score (nSPS) is 21.3. The Morgan fingerprint density at radius 3 is 2.56 bits per heavy atom. The minimum atomic E-state index is -0.0107. The molecule has 1 N–H and O–H groups in total. The fourth-order valence-electron chi connectivity index (χ4n) is 2.25. The number of aliphatic hydroxyl groups excluding tert-OH is 1. The second kappa shape index (κ2) is 5.17. The van der Waals surface area contributed by atoms with Crippen LogP contribution in [0.5, 0.6) is 0 Å². The molecule has 3 nitrogen and oxygen atoms in total. The fourth-order valence-corrected chi connectivity index (χ4v) is 2.25. The molecule has 0 saturated carbocycles. The molecular formula is C15H17NO2. The van der Waals surface area contributed by atoms with E-state index in [0.29, 0.717) is 24.1 Å². The van der Waals surface area contributed by atoms with Crippen LogP contribution >= 0.6 is 0 Å². The molecule has 18 heavy (non-hydrogen) atoms. The number of carbonyl (C=O) groups excluding carboxylic acids is 1. The summed E-state index contributed by atoms with van der Waals surface area (Å²) in [4.78, 5) is 16.3. The van der Waals surface area contributed by atoms with Crippen LogP contribution < -0.4 is 0 Å². The first kappa shape index (κ1) is 12.6. The third-order valence-electron chi connectivity index (χ3n) is 3.06. The van der Waals surface area contributed by atoms with Crippen LogP contribution in [0.15, 0.2) is 46.7 Å². The van der Waals surface area contributed by atoms with E-state index in [2.05, 4.69) is 4.99 Å². The van der Waals surface area contributed by atoms with Crippen LogP contribution in [0, 0.1) is 5.92 Å². The smallest absolute Gasteiger partial charge is 0.168 e.